The Morgan fingerprint density at radius 2 is 1.89 bits per heavy atom. The van der Waals surface area contributed by atoms with E-state index in [0.29, 0.717) is 12.1 Å². The van der Waals surface area contributed by atoms with Crippen molar-refractivity contribution in [1.29, 1.82) is 0 Å². The number of rotatable bonds is 2. The number of hydrogen-bond donors (Lipinski definition) is 2. The van der Waals surface area contributed by atoms with Gasteiger partial charge < -0.3 is 10.4 Å². The second-order valence-corrected chi connectivity index (χ2v) is 6.04. The summed E-state index contributed by atoms with van der Waals surface area (Å²) in [6.45, 7) is 0. The highest BCUT2D eigenvalue weighted by atomic mass is 35.5. The Bertz CT molecular complexity index is 427. The summed E-state index contributed by atoms with van der Waals surface area (Å²) in [6, 6.07) is 7.31. The maximum Gasteiger partial charge on any atom is 0.0541 e. The maximum atomic E-state index is 9.53. The molecule has 0 bridgehead atoms. The van der Waals surface area contributed by atoms with E-state index in [4.69, 9.17) is 11.6 Å². The molecule has 98 valence electrons. The van der Waals surface area contributed by atoms with Crippen LogP contribution in [0.4, 0.5) is 0 Å². The highest BCUT2D eigenvalue weighted by molar-refractivity contribution is 6.30. The third-order valence-corrected chi connectivity index (χ3v) is 4.55. The molecule has 0 heterocycles. The fourth-order valence-corrected chi connectivity index (χ4v) is 3.48. The molecule has 1 unspecified atom stereocenters. The molecule has 1 atom stereocenters. The van der Waals surface area contributed by atoms with Crippen molar-refractivity contribution in [3.05, 3.63) is 34.3 Å². The molecule has 1 aromatic carbocycles. The molecule has 1 saturated carbocycles. The summed E-state index contributed by atoms with van der Waals surface area (Å²) >= 11 is 6.03. The van der Waals surface area contributed by atoms with Gasteiger partial charge >= 0.3 is 0 Å². The van der Waals surface area contributed by atoms with E-state index in [0.717, 1.165) is 37.1 Å². The highest BCUT2D eigenvalue weighted by Crippen LogP contribution is 2.34. The van der Waals surface area contributed by atoms with Crippen molar-refractivity contribution in [3.63, 3.8) is 0 Å². The fourth-order valence-electron chi connectivity index (χ4n) is 3.29. The van der Waals surface area contributed by atoms with Gasteiger partial charge in [0.25, 0.3) is 0 Å². The zero-order valence-corrected chi connectivity index (χ0v) is 11.3. The lowest BCUT2D eigenvalue weighted by atomic mass is 9.92. The predicted molar refractivity (Wildman–Crippen MR) is 73.9 cm³/mol. The first-order valence-electron chi connectivity index (χ1n) is 6.95. The standard InChI is InChI=1S/C15H20ClNO/c16-11-2-7-14-10(9-11)1-8-15(14)17-12-3-5-13(18)6-4-12/h2,7,9,12-13,15,17-18H,1,3-6,8H2. The largest absolute Gasteiger partial charge is 0.393 e. The number of aryl methyl sites for hydroxylation is 1. The van der Waals surface area contributed by atoms with E-state index in [2.05, 4.69) is 17.4 Å². The van der Waals surface area contributed by atoms with Gasteiger partial charge in [0.05, 0.1) is 6.10 Å². The minimum absolute atomic E-state index is 0.0716. The second-order valence-electron chi connectivity index (χ2n) is 5.61. The van der Waals surface area contributed by atoms with E-state index in [9.17, 15) is 5.11 Å². The molecule has 2 aliphatic rings. The van der Waals surface area contributed by atoms with Crippen molar-refractivity contribution >= 4 is 11.6 Å². The molecule has 3 rings (SSSR count). The van der Waals surface area contributed by atoms with E-state index in [1.165, 1.54) is 17.5 Å². The van der Waals surface area contributed by atoms with Crippen molar-refractivity contribution in [2.45, 2.75) is 56.7 Å². The average Bonchev–Trinajstić information content (AvgIpc) is 2.74. The van der Waals surface area contributed by atoms with Gasteiger partial charge in [-0.25, -0.2) is 0 Å². The van der Waals surface area contributed by atoms with Crippen LogP contribution in [0, 0.1) is 0 Å². The number of benzene rings is 1. The monoisotopic (exact) mass is 265 g/mol. The van der Waals surface area contributed by atoms with E-state index < -0.39 is 0 Å². The van der Waals surface area contributed by atoms with E-state index >= 15 is 0 Å². The quantitative estimate of drug-likeness (QED) is 0.861. The second kappa shape index (κ2) is 5.20. The molecule has 2 nitrogen and oxygen atoms in total. The topological polar surface area (TPSA) is 32.3 Å². The molecule has 3 heteroatoms. The molecule has 1 fully saturated rings. The third kappa shape index (κ3) is 2.56. The van der Waals surface area contributed by atoms with Gasteiger partial charge in [-0.05, 0) is 61.8 Å². The molecule has 0 aliphatic heterocycles. The maximum absolute atomic E-state index is 9.53. The summed E-state index contributed by atoms with van der Waals surface area (Å²) in [6.07, 6.45) is 6.31. The molecule has 0 saturated heterocycles. The van der Waals surface area contributed by atoms with Crippen LogP contribution in [-0.2, 0) is 6.42 Å². The molecule has 0 aromatic heterocycles. The Morgan fingerprint density at radius 3 is 2.67 bits per heavy atom. The molecule has 1 aromatic rings. The molecule has 0 radical (unpaired) electrons. The van der Waals surface area contributed by atoms with Crippen LogP contribution in [0.1, 0.15) is 49.3 Å². The third-order valence-electron chi connectivity index (χ3n) is 4.32. The van der Waals surface area contributed by atoms with Crippen molar-refractivity contribution in [2.24, 2.45) is 0 Å². The summed E-state index contributed by atoms with van der Waals surface area (Å²) in [7, 11) is 0. The Hall–Kier alpha value is -0.570. The Labute approximate surface area is 113 Å². The Morgan fingerprint density at radius 1 is 1.11 bits per heavy atom. The van der Waals surface area contributed by atoms with Gasteiger partial charge in [-0.15, -0.1) is 0 Å². The molecular weight excluding hydrogens is 246 g/mol. The van der Waals surface area contributed by atoms with Gasteiger partial charge in [-0.2, -0.15) is 0 Å². The Kier molecular flexibility index (Phi) is 3.60. The highest BCUT2D eigenvalue weighted by Gasteiger charge is 2.26. The van der Waals surface area contributed by atoms with Crippen LogP contribution in [0.5, 0.6) is 0 Å². The predicted octanol–water partition coefficient (Wildman–Crippen LogP) is 3.22. The van der Waals surface area contributed by atoms with Crippen LogP contribution in [-0.4, -0.2) is 17.3 Å². The summed E-state index contributed by atoms with van der Waals surface area (Å²) in [5.74, 6) is 0. The Balaban J connectivity index is 1.66. The molecule has 18 heavy (non-hydrogen) atoms. The lowest BCUT2D eigenvalue weighted by molar-refractivity contribution is 0.114. The molecule has 2 N–H and O–H groups in total. The van der Waals surface area contributed by atoms with Gasteiger partial charge in [0.1, 0.15) is 0 Å². The van der Waals surface area contributed by atoms with Crippen molar-refractivity contribution in [2.75, 3.05) is 0 Å². The van der Waals surface area contributed by atoms with Crippen LogP contribution in [0.3, 0.4) is 0 Å². The van der Waals surface area contributed by atoms with Crippen molar-refractivity contribution in [3.8, 4) is 0 Å². The lowest BCUT2D eigenvalue weighted by Gasteiger charge is -2.29. The summed E-state index contributed by atoms with van der Waals surface area (Å²) in [5.41, 5.74) is 2.82. The smallest absolute Gasteiger partial charge is 0.0541 e. The van der Waals surface area contributed by atoms with Gasteiger partial charge in [-0.1, -0.05) is 17.7 Å². The summed E-state index contributed by atoms with van der Waals surface area (Å²) in [5, 5.41) is 14.1. The molecule has 0 spiro atoms. The average molecular weight is 266 g/mol. The summed E-state index contributed by atoms with van der Waals surface area (Å²) in [4.78, 5) is 0. The van der Waals surface area contributed by atoms with Crippen LogP contribution < -0.4 is 5.32 Å². The van der Waals surface area contributed by atoms with Gasteiger partial charge in [-0.3, -0.25) is 0 Å². The van der Waals surface area contributed by atoms with Crippen LogP contribution >= 0.6 is 11.6 Å². The first-order valence-corrected chi connectivity index (χ1v) is 7.32. The van der Waals surface area contributed by atoms with E-state index in [1.807, 2.05) is 6.07 Å². The first-order chi connectivity index (χ1) is 8.72. The number of fused-ring (bicyclic) bond motifs is 1. The van der Waals surface area contributed by atoms with Crippen LogP contribution in [0.25, 0.3) is 0 Å². The van der Waals surface area contributed by atoms with E-state index in [-0.39, 0.29) is 6.10 Å². The minimum Gasteiger partial charge on any atom is -0.393 e. The zero-order chi connectivity index (χ0) is 12.5. The normalized spacial score (nSPS) is 31.3. The number of halogens is 1. The van der Waals surface area contributed by atoms with Gasteiger partial charge in [0.15, 0.2) is 0 Å². The zero-order valence-electron chi connectivity index (χ0n) is 10.5. The number of aliphatic hydroxyl groups excluding tert-OH is 1. The van der Waals surface area contributed by atoms with Gasteiger partial charge in [0.2, 0.25) is 0 Å². The fraction of sp³-hybridized carbons (Fsp3) is 0.600. The SMILES string of the molecule is OC1CCC(NC2CCc3cc(Cl)ccc32)CC1. The van der Waals surface area contributed by atoms with Crippen molar-refractivity contribution in [1.82, 2.24) is 5.32 Å². The van der Waals surface area contributed by atoms with Gasteiger partial charge in [0, 0.05) is 17.1 Å². The summed E-state index contributed by atoms with van der Waals surface area (Å²) < 4.78 is 0. The molecule has 0 amide bonds. The number of nitrogens with one attached hydrogen (secondary N) is 1. The first kappa shape index (κ1) is 12.5. The van der Waals surface area contributed by atoms with Crippen LogP contribution in [0.15, 0.2) is 18.2 Å². The number of hydrogen-bond acceptors (Lipinski definition) is 2. The van der Waals surface area contributed by atoms with Crippen LogP contribution in [0.2, 0.25) is 5.02 Å². The lowest BCUT2D eigenvalue weighted by Crippen LogP contribution is -2.36. The minimum atomic E-state index is -0.0716. The molecule has 2 aliphatic carbocycles. The number of aliphatic hydroxyl groups is 1. The molecular formula is C15H20ClNO. The van der Waals surface area contributed by atoms with Crippen molar-refractivity contribution < 1.29 is 5.11 Å². The van der Waals surface area contributed by atoms with E-state index in [1.54, 1.807) is 0 Å².